The summed E-state index contributed by atoms with van der Waals surface area (Å²) in [6.07, 6.45) is 7.46. The Morgan fingerprint density at radius 3 is 3.10 bits per heavy atom. The standard InChI is InChI=1S/C16H19FN2O2/c1-3-4-5-12(2)10-19-11-13-6-8-18-15(21-9-7-17)14(13)16(19)20/h3-6,8H,7,9-11H2,1-2H3/b4-3-,12-5+. The van der Waals surface area contributed by atoms with Crippen molar-refractivity contribution in [1.82, 2.24) is 9.88 Å². The highest BCUT2D eigenvalue weighted by atomic mass is 19.1. The zero-order valence-corrected chi connectivity index (χ0v) is 12.3. The van der Waals surface area contributed by atoms with Crippen molar-refractivity contribution in [3.63, 3.8) is 0 Å². The first-order chi connectivity index (χ1) is 10.2. The second-order valence-electron chi connectivity index (χ2n) is 4.89. The molecule has 0 aromatic carbocycles. The molecule has 0 bridgehead atoms. The predicted molar refractivity (Wildman–Crippen MR) is 79.0 cm³/mol. The Hall–Kier alpha value is -2.17. The maximum absolute atomic E-state index is 12.5. The van der Waals surface area contributed by atoms with Gasteiger partial charge in [0.1, 0.15) is 18.8 Å². The van der Waals surface area contributed by atoms with Gasteiger partial charge in [0, 0.05) is 19.3 Å². The second-order valence-corrected chi connectivity index (χ2v) is 4.89. The van der Waals surface area contributed by atoms with Gasteiger partial charge in [-0.1, -0.05) is 23.8 Å². The summed E-state index contributed by atoms with van der Waals surface area (Å²) < 4.78 is 17.5. The van der Waals surface area contributed by atoms with Gasteiger partial charge in [-0.05, 0) is 25.5 Å². The van der Waals surface area contributed by atoms with Crippen molar-refractivity contribution in [2.45, 2.75) is 20.4 Å². The first-order valence-electron chi connectivity index (χ1n) is 6.91. The van der Waals surface area contributed by atoms with Gasteiger partial charge in [0.2, 0.25) is 5.88 Å². The fourth-order valence-electron chi connectivity index (χ4n) is 2.26. The third-order valence-corrected chi connectivity index (χ3v) is 3.19. The number of pyridine rings is 1. The van der Waals surface area contributed by atoms with Crippen LogP contribution in [0.3, 0.4) is 0 Å². The van der Waals surface area contributed by atoms with Crippen LogP contribution in [0.2, 0.25) is 0 Å². The van der Waals surface area contributed by atoms with Crippen LogP contribution >= 0.6 is 0 Å². The molecule has 0 aliphatic carbocycles. The van der Waals surface area contributed by atoms with Crippen LogP contribution in [0.25, 0.3) is 0 Å². The summed E-state index contributed by atoms with van der Waals surface area (Å²) in [6.45, 7) is 4.32. The molecule has 0 spiro atoms. The van der Waals surface area contributed by atoms with Crippen molar-refractivity contribution in [2.75, 3.05) is 19.8 Å². The van der Waals surface area contributed by atoms with Gasteiger partial charge in [-0.25, -0.2) is 9.37 Å². The topological polar surface area (TPSA) is 42.4 Å². The summed E-state index contributed by atoms with van der Waals surface area (Å²) in [4.78, 5) is 18.2. The summed E-state index contributed by atoms with van der Waals surface area (Å²) in [5.74, 6) is 0.118. The molecule has 5 heteroatoms. The van der Waals surface area contributed by atoms with E-state index in [-0.39, 0.29) is 18.4 Å². The van der Waals surface area contributed by atoms with Crippen LogP contribution in [0.1, 0.15) is 29.8 Å². The zero-order valence-electron chi connectivity index (χ0n) is 12.3. The van der Waals surface area contributed by atoms with Crippen LogP contribution in [0.15, 0.2) is 36.1 Å². The van der Waals surface area contributed by atoms with Gasteiger partial charge in [-0.2, -0.15) is 0 Å². The number of hydrogen-bond donors (Lipinski definition) is 0. The molecule has 0 saturated carbocycles. The highest BCUT2D eigenvalue weighted by molar-refractivity contribution is 6.00. The summed E-state index contributed by atoms with van der Waals surface area (Å²) in [6, 6.07) is 1.81. The number of aromatic nitrogens is 1. The van der Waals surface area contributed by atoms with Crippen LogP contribution in [-0.4, -0.2) is 35.6 Å². The third kappa shape index (κ3) is 3.48. The number of carbonyl (C=O) groups is 1. The van der Waals surface area contributed by atoms with Crippen LogP contribution in [0.5, 0.6) is 5.88 Å². The molecular formula is C16H19FN2O2. The van der Waals surface area contributed by atoms with Gasteiger partial charge >= 0.3 is 0 Å². The Morgan fingerprint density at radius 2 is 2.38 bits per heavy atom. The molecule has 1 aromatic rings. The molecule has 0 saturated heterocycles. The molecule has 1 aromatic heterocycles. The molecule has 1 aliphatic heterocycles. The molecule has 0 fully saturated rings. The van der Waals surface area contributed by atoms with Gasteiger partial charge in [0.15, 0.2) is 0 Å². The Kier molecular flexibility index (Phi) is 5.09. The number of halogens is 1. The van der Waals surface area contributed by atoms with Crippen LogP contribution < -0.4 is 4.74 Å². The minimum Gasteiger partial charge on any atom is -0.474 e. The number of alkyl halides is 1. The maximum Gasteiger partial charge on any atom is 0.260 e. The largest absolute Gasteiger partial charge is 0.474 e. The van der Waals surface area contributed by atoms with Gasteiger partial charge in [0.25, 0.3) is 5.91 Å². The smallest absolute Gasteiger partial charge is 0.260 e. The molecule has 1 amide bonds. The highest BCUT2D eigenvalue weighted by Gasteiger charge is 2.31. The van der Waals surface area contributed by atoms with E-state index in [0.29, 0.717) is 18.7 Å². The second kappa shape index (κ2) is 7.02. The van der Waals surface area contributed by atoms with E-state index < -0.39 is 6.67 Å². The molecule has 2 rings (SSSR count). The quantitative estimate of drug-likeness (QED) is 0.757. The Morgan fingerprint density at radius 1 is 1.57 bits per heavy atom. The van der Waals surface area contributed by atoms with E-state index >= 15 is 0 Å². The van der Waals surface area contributed by atoms with Gasteiger partial charge in [-0.15, -0.1) is 0 Å². The van der Waals surface area contributed by atoms with Crippen molar-refractivity contribution in [3.8, 4) is 5.88 Å². The number of nitrogens with zero attached hydrogens (tertiary/aromatic N) is 2. The van der Waals surface area contributed by atoms with Crippen molar-refractivity contribution < 1.29 is 13.9 Å². The lowest BCUT2D eigenvalue weighted by Crippen LogP contribution is -2.26. The van der Waals surface area contributed by atoms with Crippen molar-refractivity contribution in [3.05, 3.63) is 47.2 Å². The normalized spacial score (nSPS) is 14.9. The molecule has 0 unspecified atom stereocenters. The minimum absolute atomic E-state index is 0.0864. The molecular weight excluding hydrogens is 271 g/mol. The molecule has 2 heterocycles. The van der Waals surface area contributed by atoms with Gasteiger partial charge in [0.05, 0.1) is 0 Å². The maximum atomic E-state index is 12.5. The van der Waals surface area contributed by atoms with E-state index in [1.165, 1.54) is 0 Å². The van der Waals surface area contributed by atoms with E-state index in [4.69, 9.17) is 4.74 Å². The average Bonchev–Trinajstić information content (AvgIpc) is 2.80. The number of rotatable bonds is 6. The Bertz CT molecular complexity index is 582. The molecule has 112 valence electrons. The van der Waals surface area contributed by atoms with Gasteiger partial charge < -0.3 is 9.64 Å². The molecule has 4 nitrogen and oxygen atoms in total. The van der Waals surface area contributed by atoms with Crippen molar-refractivity contribution >= 4 is 5.91 Å². The Balaban J connectivity index is 2.16. The van der Waals surface area contributed by atoms with Crippen molar-refractivity contribution in [2.24, 2.45) is 0 Å². The van der Waals surface area contributed by atoms with E-state index in [1.807, 2.05) is 32.1 Å². The van der Waals surface area contributed by atoms with E-state index in [0.717, 1.165) is 11.1 Å². The summed E-state index contributed by atoms with van der Waals surface area (Å²) in [5.41, 5.74) is 2.43. The number of carbonyl (C=O) groups excluding carboxylic acids is 1. The van der Waals surface area contributed by atoms with E-state index in [1.54, 1.807) is 17.2 Å². The third-order valence-electron chi connectivity index (χ3n) is 3.19. The minimum atomic E-state index is -0.603. The lowest BCUT2D eigenvalue weighted by atomic mass is 10.2. The van der Waals surface area contributed by atoms with Crippen molar-refractivity contribution in [1.29, 1.82) is 0 Å². The number of fused-ring (bicyclic) bond motifs is 1. The molecule has 0 N–H and O–H groups in total. The number of ether oxygens (including phenoxy) is 1. The SMILES string of the molecule is C/C=C\C=C(/C)CN1Cc2ccnc(OCCF)c2C1=O. The molecule has 0 atom stereocenters. The van der Waals surface area contributed by atoms with Crippen LogP contribution in [0, 0.1) is 0 Å². The van der Waals surface area contributed by atoms with E-state index in [9.17, 15) is 9.18 Å². The molecule has 0 radical (unpaired) electrons. The first kappa shape index (κ1) is 15.2. The summed E-state index contributed by atoms with van der Waals surface area (Å²) in [5, 5.41) is 0. The van der Waals surface area contributed by atoms with Gasteiger partial charge in [-0.3, -0.25) is 4.79 Å². The number of allylic oxidation sites excluding steroid dienone is 3. The molecule has 21 heavy (non-hydrogen) atoms. The fourth-order valence-corrected chi connectivity index (χ4v) is 2.26. The van der Waals surface area contributed by atoms with E-state index in [2.05, 4.69) is 4.98 Å². The monoisotopic (exact) mass is 290 g/mol. The average molecular weight is 290 g/mol. The Labute approximate surface area is 123 Å². The lowest BCUT2D eigenvalue weighted by molar-refractivity contribution is 0.0788. The zero-order chi connectivity index (χ0) is 15.2. The summed E-state index contributed by atoms with van der Waals surface area (Å²) >= 11 is 0. The number of hydrogen-bond acceptors (Lipinski definition) is 3. The lowest BCUT2D eigenvalue weighted by Gasteiger charge is -2.15. The summed E-state index contributed by atoms with van der Waals surface area (Å²) in [7, 11) is 0. The fraction of sp³-hybridized carbons (Fsp3) is 0.375. The van der Waals surface area contributed by atoms with Crippen LogP contribution in [0.4, 0.5) is 4.39 Å². The number of amides is 1. The first-order valence-corrected chi connectivity index (χ1v) is 6.91. The predicted octanol–water partition coefficient (Wildman–Crippen LogP) is 2.91. The highest BCUT2D eigenvalue weighted by Crippen LogP contribution is 2.29. The van der Waals surface area contributed by atoms with Crippen LogP contribution in [-0.2, 0) is 6.54 Å². The molecule has 1 aliphatic rings.